The van der Waals surface area contributed by atoms with E-state index in [1.54, 1.807) is 6.08 Å². The second kappa shape index (κ2) is 4.74. The molecule has 0 unspecified atom stereocenters. The lowest BCUT2D eigenvalue weighted by Gasteiger charge is -1.90. The summed E-state index contributed by atoms with van der Waals surface area (Å²) in [7, 11) is 0. The summed E-state index contributed by atoms with van der Waals surface area (Å²) in [6.07, 6.45) is 3.19. The third-order valence-corrected chi connectivity index (χ3v) is 2.97. The minimum atomic E-state index is 0.350. The average Bonchev–Trinajstić information content (AvgIpc) is 2.41. The molecule has 2 nitrogen and oxygen atoms in total. The summed E-state index contributed by atoms with van der Waals surface area (Å²) in [5, 5.41) is 0.350. The average molecular weight is 236 g/mol. The molecular formula is C8H7Cl2NOS. The molecule has 0 bridgehead atoms. The summed E-state index contributed by atoms with van der Waals surface area (Å²) in [6, 6.07) is 0. The van der Waals surface area contributed by atoms with Crippen molar-refractivity contribution in [3.8, 4) is 0 Å². The van der Waals surface area contributed by atoms with E-state index in [1.807, 2.05) is 6.92 Å². The van der Waals surface area contributed by atoms with Crippen molar-refractivity contribution in [1.82, 2.24) is 4.98 Å². The minimum Gasteiger partial charge on any atom is -0.298 e. The van der Waals surface area contributed by atoms with E-state index >= 15 is 0 Å². The summed E-state index contributed by atoms with van der Waals surface area (Å²) in [4.78, 5) is 15.1. The summed E-state index contributed by atoms with van der Waals surface area (Å²) in [5.74, 6) is 0. The number of halogens is 2. The van der Waals surface area contributed by atoms with Gasteiger partial charge in [-0.05, 0) is 18.1 Å². The molecule has 0 aromatic carbocycles. The zero-order valence-electron chi connectivity index (χ0n) is 6.88. The van der Waals surface area contributed by atoms with E-state index in [4.69, 9.17) is 23.2 Å². The van der Waals surface area contributed by atoms with Crippen molar-refractivity contribution in [3.63, 3.8) is 0 Å². The second-order valence-electron chi connectivity index (χ2n) is 2.31. The lowest BCUT2D eigenvalue weighted by atomic mass is 10.2. The Hall–Kier alpha value is -0.380. The fraction of sp³-hybridized carbons (Fsp3) is 0.250. The number of aromatic nitrogens is 1. The normalized spacial score (nSPS) is 11.8. The third kappa shape index (κ3) is 2.79. The first-order chi connectivity index (χ1) is 6.17. The van der Waals surface area contributed by atoms with Gasteiger partial charge in [0.2, 0.25) is 0 Å². The van der Waals surface area contributed by atoms with Gasteiger partial charge in [0.05, 0.1) is 4.88 Å². The lowest BCUT2D eigenvalue weighted by Crippen LogP contribution is -1.80. The molecule has 0 atom stereocenters. The van der Waals surface area contributed by atoms with Gasteiger partial charge in [-0.2, -0.15) is 0 Å². The zero-order valence-corrected chi connectivity index (χ0v) is 9.21. The molecule has 0 saturated carbocycles. The van der Waals surface area contributed by atoms with Gasteiger partial charge in [0.1, 0.15) is 11.4 Å². The molecule has 0 N–H and O–H groups in total. The summed E-state index contributed by atoms with van der Waals surface area (Å²) >= 11 is 12.7. The number of aldehydes is 1. The molecule has 1 heterocycles. The first kappa shape index (κ1) is 10.7. The fourth-order valence-electron chi connectivity index (χ4n) is 0.765. The van der Waals surface area contributed by atoms with Crippen LogP contribution in [0.2, 0.25) is 9.62 Å². The van der Waals surface area contributed by atoms with Gasteiger partial charge in [-0.3, -0.25) is 4.79 Å². The van der Waals surface area contributed by atoms with E-state index in [0.29, 0.717) is 21.6 Å². The van der Waals surface area contributed by atoms with Crippen LogP contribution in [0.3, 0.4) is 0 Å². The SMILES string of the molecule is CCC(C=O)=Cc1sc(Cl)nc1Cl. The molecule has 1 aromatic rings. The molecule has 5 heteroatoms. The number of hydrogen-bond acceptors (Lipinski definition) is 3. The van der Waals surface area contributed by atoms with Crippen molar-refractivity contribution >= 4 is 46.9 Å². The zero-order chi connectivity index (χ0) is 9.84. The van der Waals surface area contributed by atoms with E-state index in [9.17, 15) is 4.79 Å². The van der Waals surface area contributed by atoms with E-state index < -0.39 is 0 Å². The topological polar surface area (TPSA) is 30.0 Å². The predicted octanol–water partition coefficient (Wildman–Crippen LogP) is 3.44. The van der Waals surface area contributed by atoms with E-state index in [-0.39, 0.29) is 0 Å². The van der Waals surface area contributed by atoms with E-state index in [2.05, 4.69) is 4.98 Å². The van der Waals surface area contributed by atoms with Crippen LogP contribution in [0.4, 0.5) is 0 Å². The Morgan fingerprint density at radius 2 is 2.31 bits per heavy atom. The van der Waals surface area contributed by atoms with Crippen LogP contribution in [-0.4, -0.2) is 11.3 Å². The van der Waals surface area contributed by atoms with Crippen LogP contribution in [0.1, 0.15) is 18.2 Å². The van der Waals surface area contributed by atoms with Gasteiger partial charge in [-0.25, -0.2) is 4.98 Å². The lowest BCUT2D eigenvalue weighted by molar-refractivity contribution is -0.104. The number of carbonyl (C=O) groups excluding carboxylic acids is 1. The Balaban J connectivity index is 3.01. The highest BCUT2D eigenvalue weighted by Gasteiger charge is 2.05. The molecule has 0 spiro atoms. The number of thiazole rings is 1. The molecule has 70 valence electrons. The fourth-order valence-corrected chi connectivity index (χ4v) is 2.11. The number of nitrogens with zero attached hydrogens (tertiary/aromatic N) is 1. The molecule has 1 aromatic heterocycles. The molecule has 0 radical (unpaired) electrons. The van der Waals surface area contributed by atoms with Gasteiger partial charge < -0.3 is 0 Å². The van der Waals surface area contributed by atoms with Crippen LogP contribution >= 0.6 is 34.5 Å². The maximum absolute atomic E-state index is 10.5. The van der Waals surface area contributed by atoms with Crippen LogP contribution in [0.25, 0.3) is 6.08 Å². The van der Waals surface area contributed by atoms with Gasteiger partial charge in [-0.15, -0.1) is 11.3 Å². The predicted molar refractivity (Wildman–Crippen MR) is 56.5 cm³/mol. The summed E-state index contributed by atoms with van der Waals surface area (Å²) in [5.41, 5.74) is 0.683. The Kier molecular flexibility index (Phi) is 3.90. The Labute approximate surface area is 90.2 Å². The Bertz CT molecular complexity index is 346. The largest absolute Gasteiger partial charge is 0.298 e. The highest BCUT2D eigenvalue weighted by atomic mass is 35.5. The Morgan fingerprint density at radius 3 is 2.69 bits per heavy atom. The smallest absolute Gasteiger partial charge is 0.185 e. The number of rotatable bonds is 3. The molecule has 0 fully saturated rings. The van der Waals surface area contributed by atoms with Crippen LogP contribution in [0.15, 0.2) is 5.57 Å². The van der Waals surface area contributed by atoms with Crippen molar-refractivity contribution in [3.05, 3.63) is 20.1 Å². The maximum Gasteiger partial charge on any atom is 0.185 e. The van der Waals surface area contributed by atoms with E-state index in [0.717, 1.165) is 11.2 Å². The molecule has 0 aliphatic heterocycles. The van der Waals surface area contributed by atoms with Gasteiger partial charge in [-0.1, -0.05) is 30.1 Å². The number of allylic oxidation sites excluding steroid dienone is 1. The third-order valence-electron chi connectivity index (χ3n) is 1.46. The van der Waals surface area contributed by atoms with Crippen LogP contribution in [0, 0.1) is 0 Å². The first-order valence-electron chi connectivity index (χ1n) is 3.65. The molecule has 0 amide bonds. The summed E-state index contributed by atoms with van der Waals surface area (Å²) < 4.78 is 0.387. The molecule has 13 heavy (non-hydrogen) atoms. The highest BCUT2D eigenvalue weighted by molar-refractivity contribution is 7.17. The van der Waals surface area contributed by atoms with Crippen molar-refractivity contribution < 1.29 is 4.79 Å². The van der Waals surface area contributed by atoms with Gasteiger partial charge in [0, 0.05) is 0 Å². The van der Waals surface area contributed by atoms with Crippen LogP contribution in [-0.2, 0) is 4.79 Å². The standard InChI is InChI=1S/C8H7Cl2NOS/c1-2-5(4-12)3-6-7(9)11-8(10)13-6/h3-4H,2H2,1H3. The highest BCUT2D eigenvalue weighted by Crippen LogP contribution is 2.28. The van der Waals surface area contributed by atoms with Gasteiger partial charge in [0.25, 0.3) is 0 Å². The monoisotopic (exact) mass is 235 g/mol. The maximum atomic E-state index is 10.5. The second-order valence-corrected chi connectivity index (χ2v) is 4.28. The molecule has 1 rings (SSSR count). The van der Waals surface area contributed by atoms with Crippen molar-refractivity contribution in [2.75, 3.05) is 0 Å². The number of hydrogen-bond donors (Lipinski definition) is 0. The molecule has 0 saturated heterocycles. The van der Waals surface area contributed by atoms with Crippen LogP contribution in [0.5, 0.6) is 0 Å². The molecule has 0 aliphatic rings. The molecular weight excluding hydrogens is 229 g/mol. The van der Waals surface area contributed by atoms with E-state index in [1.165, 1.54) is 11.3 Å². The minimum absolute atomic E-state index is 0.350. The van der Waals surface area contributed by atoms with Crippen molar-refractivity contribution in [1.29, 1.82) is 0 Å². The summed E-state index contributed by atoms with van der Waals surface area (Å²) in [6.45, 7) is 1.90. The Morgan fingerprint density at radius 1 is 1.62 bits per heavy atom. The van der Waals surface area contributed by atoms with Gasteiger partial charge in [0.15, 0.2) is 4.47 Å². The number of carbonyl (C=O) groups is 1. The van der Waals surface area contributed by atoms with Crippen molar-refractivity contribution in [2.45, 2.75) is 13.3 Å². The van der Waals surface area contributed by atoms with Gasteiger partial charge >= 0.3 is 0 Å². The van der Waals surface area contributed by atoms with Crippen LogP contribution < -0.4 is 0 Å². The quantitative estimate of drug-likeness (QED) is 0.594. The first-order valence-corrected chi connectivity index (χ1v) is 5.22. The van der Waals surface area contributed by atoms with Crippen molar-refractivity contribution in [2.24, 2.45) is 0 Å². The molecule has 0 aliphatic carbocycles.